The van der Waals surface area contributed by atoms with E-state index >= 15 is 0 Å². The van der Waals surface area contributed by atoms with Gasteiger partial charge < -0.3 is 19.9 Å². The molecule has 2 fully saturated rings. The Hall–Kier alpha value is -1.59. The van der Waals surface area contributed by atoms with Crippen molar-refractivity contribution in [2.75, 3.05) is 26.7 Å². The number of carbonyl (C=O) groups is 1. The molecule has 3 rings (SSSR count). The molecule has 1 spiro atoms. The molecule has 0 radical (unpaired) electrons. The van der Waals surface area contributed by atoms with E-state index in [9.17, 15) is 4.79 Å². The van der Waals surface area contributed by atoms with Gasteiger partial charge in [0.1, 0.15) is 6.23 Å². The number of rotatable bonds is 3. The van der Waals surface area contributed by atoms with E-state index in [0.29, 0.717) is 6.42 Å². The number of carbonyl (C=O) groups excluding carboxylic acids is 1. The summed E-state index contributed by atoms with van der Waals surface area (Å²) in [5.41, 5.74) is 2.44. The van der Waals surface area contributed by atoms with Crippen LogP contribution in [0, 0.1) is 0 Å². The second kappa shape index (κ2) is 9.38. The van der Waals surface area contributed by atoms with Gasteiger partial charge in [-0.05, 0) is 52.7 Å². The summed E-state index contributed by atoms with van der Waals surface area (Å²) < 4.78 is 6.22. The normalized spacial score (nSPS) is 26.3. The lowest BCUT2D eigenvalue weighted by molar-refractivity contribution is -0.136. The van der Waals surface area contributed by atoms with Crippen molar-refractivity contribution in [2.24, 2.45) is 0 Å². The van der Waals surface area contributed by atoms with Crippen LogP contribution in [0.1, 0.15) is 52.9 Å². The van der Waals surface area contributed by atoms with Gasteiger partial charge >= 0.3 is 0 Å². The molecule has 5 heteroatoms. The molecule has 146 valence electrons. The number of hydrogen-bond donors (Lipinski definition) is 1. The van der Waals surface area contributed by atoms with Crippen LogP contribution in [0.2, 0.25) is 0 Å². The fraction of sp³-hybridized carbons (Fsp3) is 0.667. The van der Waals surface area contributed by atoms with Crippen molar-refractivity contribution < 1.29 is 9.53 Å². The molecule has 0 saturated carbocycles. The molecule has 3 heterocycles. The van der Waals surface area contributed by atoms with Gasteiger partial charge in [0, 0.05) is 37.8 Å². The van der Waals surface area contributed by atoms with Crippen LogP contribution in [0.15, 0.2) is 36.2 Å². The van der Waals surface area contributed by atoms with Crippen molar-refractivity contribution in [1.29, 1.82) is 0 Å². The summed E-state index contributed by atoms with van der Waals surface area (Å²) in [6, 6.07) is 0. The molecule has 0 aromatic heterocycles. The molecular weight excluding hydrogens is 326 g/mol. The van der Waals surface area contributed by atoms with Crippen molar-refractivity contribution in [2.45, 2.75) is 64.7 Å². The minimum absolute atomic E-state index is 0.0901. The Morgan fingerprint density at radius 3 is 2.65 bits per heavy atom. The maximum Gasteiger partial charge on any atom is 0.225 e. The Kier molecular flexibility index (Phi) is 7.47. The third kappa shape index (κ3) is 5.21. The van der Waals surface area contributed by atoms with Crippen molar-refractivity contribution >= 4 is 5.91 Å². The summed E-state index contributed by atoms with van der Waals surface area (Å²) in [4.78, 5) is 16.9. The van der Waals surface area contributed by atoms with E-state index in [2.05, 4.69) is 29.9 Å². The quantitative estimate of drug-likeness (QED) is 0.783. The Labute approximate surface area is 158 Å². The van der Waals surface area contributed by atoms with Gasteiger partial charge in [0.05, 0.1) is 12.1 Å². The highest BCUT2D eigenvalue weighted by Crippen LogP contribution is 2.35. The molecule has 5 nitrogen and oxygen atoms in total. The van der Waals surface area contributed by atoms with Gasteiger partial charge in [0.2, 0.25) is 5.91 Å². The van der Waals surface area contributed by atoms with E-state index in [-0.39, 0.29) is 17.7 Å². The molecule has 2 saturated heterocycles. The van der Waals surface area contributed by atoms with Gasteiger partial charge in [0.15, 0.2) is 0 Å². The maximum absolute atomic E-state index is 12.6. The molecule has 1 atom stereocenters. The summed E-state index contributed by atoms with van der Waals surface area (Å²) in [5, 5.41) is 3.25. The number of hydrogen-bond acceptors (Lipinski definition) is 4. The predicted molar refractivity (Wildman–Crippen MR) is 106 cm³/mol. The lowest BCUT2D eigenvalue weighted by atomic mass is 9.91. The first-order valence-corrected chi connectivity index (χ1v) is 9.75. The van der Waals surface area contributed by atoms with E-state index in [1.807, 2.05) is 31.9 Å². The SMILES string of the molecule is C/C=C1\CC(CCC(=O)N2CC3(CCN(C)CC3)OC2C)=CN1.C=CC. The highest BCUT2D eigenvalue weighted by molar-refractivity contribution is 5.77. The molecule has 1 amide bonds. The van der Waals surface area contributed by atoms with Crippen LogP contribution >= 0.6 is 0 Å². The standard InChI is InChI=1S/C18H29N3O2.C3H6/c1-4-16-11-15(12-19-16)5-6-17(22)21-13-18(23-14(21)2)7-9-20(3)10-8-18;1-3-2/h4,12,14,19H,5-11,13H2,1-3H3;3H,1H2,2H3/b16-4+;. The zero-order chi connectivity index (χ0) is 19.2. The number of nitrogens with one attached hydrogen (secondary N) is 1. The Morgan fingerprint density at radius 2 is 2.08 bits per heavy atom. The first-order chi connectivity index (χ1) is 12.4. The average molecular weight is 362 g/mol. The van der Waals surface area contributed by atoms with Crippen molar-refractivity contribution in [3.63, 3.8) is 0 Å². The maximum atomic E-state index is 12.6. The monoisotopic (exact) mass is 361 g/mol. The Bertz CT molecular complexity index is 560. The zero-order valence-electron chi connectivity index (χ0n) is 16.9. The Morgan fingerprint density at radius 1 is 1.42 bits per heavy atom. The molecule has 3 aliphatic heterocycles. The summed E-state index contributed by atoms with van der Waals surface area (Å²) in [6.07, 6.45) is 10.2. The largest absolute Gasteiger partial charge is 0.365 e. The summed E-state index contributed by atoms with van der Waals surface area (Å²) in [5.74, 6) is 0.225. The number of allylic oxidation sites excluding steroid dienone is 3. The molecule has 0 aromatic carbocycles. The number of ether oxygens (including phenoxy) is 1. The molecule has 1 N–H and O–H groups in total. The first kappa shape index (κ1) is 20.7. The van der Waals surface area contributed by atoms with Crippen LogP contribution in [-0.4, -0.2) is 54.2 Å². The number of likely N-dealkylation sites (tertiary alicyclic amines) is 1. The van der Waals surface area contributed by atoms with Gasteiger partial charge in [-0.1, -0.05) is 12.2 Å². The Balaban J connectivity index is 0.000000758. The highest BCUT2D eigenvalue weighted by atomic mass is 16.5. The zero-order valence-corrected chi connectivity index (χ0v) is 16.9. The van der Waals surface area contributed by atoms with Gasteiger partial charge in [-0.15, -0.1) is 6.58 Å². The van der Waals surface area contributed by atoms with Crippen LogP contribution in [0.3, 0.4) is 0 Å². The molecule has 3 aliphatic rings. The van der Waals surface area contributed by atoms with Gasteiger partial charge in [0.25, 0.3) is 0 Å². The smallest absolute Gasteiger partial charge is 0.225 e. The lowest BCUT2D eigenvalue weighted by Crippen LogP contribution is -2.46. The fourth-order valence-corrected chi connectivity index (χ4v) is 3.79. The highest BCUT2D eigenvalue weighted by Gasteiger charge is 2.46. The molecule has 0 bridgehead atoms. The van der Waals surface area contributed by atoms with Gasteiger partial charge in [-0.25, -0.2) is 0 Å². The van der Waals surface area contributed by atoms with E-state index in [4.69, 9.17) is 4.74 Å². The van der Waals surface area contributed by atoms with Gasteiger partial charge in [-0.3, -0.25) is 4.79 Å². The van der Waals surface area contributed by atoms with Gasteiger partial charge in [-0.2, -0.15) is 0 Å². The summed E-state index contributed by atoms with van der Waals surface area (Å²) in [7, 11) is 2.15. The van der Waals surface area contributed by atoms with Crippen LogP contribution in [-0.2, 0) is 9.53 Å². The average Bonchev–Trinajstić information content (AvgIpc) is 3.21. The number of amides is 1. The van der Waals surface area contributed by atoms with Crippen LogP contribution in [0.4, 0.5) is 0 Å². The number of nitrogens with zero attached hydrogens (tertiary/aromatic N) is 2. The molecule has 0 aliphatic carbocycles. The second-order valence-corrected chi connectivity index (χ2v) is 7.57. The fourth-order valence-electron chi connectivity index (χ4n) is 3.79. The second-order valence-electron chi connectivity index (χ2n) is 7.57. The van der Waals surface area contributed by atoms with Crippen molar-refractivity contribution in [1.82, 2.24) is 15.1 Å². The van der Waals surface area contributed by atoms with Crippen molar-refractivity contribution in [3.05, 3.63) is 36.2 Å². The predicted octanol–water partition coefficient (Wildman–Crippen LogP) is 3.41. The third-order valence-electron chi connectivity index (χ3n) is 5.42. The molecule has 1 unspecified atom stereocenters. The molecular formula is C21H35N3O2. The third-order valence-corrected chi connectivity index (χ3v) is 5.42. The summed E-state index contributed by atoms with van der Waals surface area (Å²) in [6.45, 7) is 12.2. The van der Waals surface area contributed by atoms with Crippen molar-refractivity contribution in [3.8, 4) is 0 Å². The van der Waals surface area contributed by atoms with E-state index in [1.54, 1.807) is 6.08 Å². The van der Waals surface area contributed by atoms with Crippen LogP contribution in [0.5, 0.6) is 0 Å². The minimum Gasteiger partial charge on any atom is -0.365 e. The molecule has 0 aromatic rings. The molecule has 26 heavy (non-hydrogen) atoms. The summed E-state index contributed by atoms with van der Waals surface area (Å²) >= 11 is 0. The first-order valence-electron chi connectivity index (χ1n) is 9.75. The lowest BCUT2D eigenvalue weighted by Gasteiger charge is -2.36. The van der Waals surface area contributed by atoms with Crippen LogP contribution in [0.25, 0.3) is 0 Å². The van der Waals surface area contributed by atoms with E-state index < -0.39 is 0 Å². The van der Waals surface area contributed by atoms with E-state index in [1.165, 1.54) is 11.3 Å². The van der Waals surface area contributed by atoms with E-state index in [0.717, 1.165) is 45.3 Å². The number of piperidine rings is 1. The van der Waals surface area contributed by atoms with Crippen LogP contribution < -0.4 is 5.32 Å². The topological polar surface area (TPSA) is 44.8 Å². The minimum atomic E-state index is -0.103.